The molecule has 4 aromatic heterocycles. The van der Waals surface area contributed by atoms with E-state index in [1.807, 2.05) is 46.0 Å². The summed E-state index contributed by atoms with van der Waals surface area (Å²) in [5, 5.41) is 30.8. The Labute approximate surface area is 329 Å². The second kappa shape index (κ2) is 18.4. The number of H-pyrrole nitrogens is 1. The number of aromatic hydroxyl groups is 1. The van der Waals surface area contributed by atoms with E-state index in [0.717, 1.165) is 53.5 Å². The van der Waals surface area contributed by atoms with Crippen LogP contribution in [0.25, 0.3) is 33.0 Å². The van der Waals surface area contributed by atoms with Gasteiger partial charge in [-0.3, -0.25) is 28.7 Å². The molecule has 0 radical (unpaired) electrons. The molecule has 0 aliphatic carbocycles. The average molecular weight is 783 g/mol. The van der Waals surface area contributed by atoms with Crippen molar-refractivity contribution in [2.24, 2.45) is 7.05 Å². The molecule has 6 heterocycles. The van der Waals surface area contributed by atoms with Gasteiger partial charge in [-0.15, -0.1) is 11.6 Å². The molecular weight excluding hydrogens is 736 g/mol. The zero-order chi connectivity index (χ0) is 39.8. The van der Waals surface area contributed by atoms with Crippen molar-refractivity contribution in [1.82, 2.24) is 39.5 Å². The first-order chi connectivity index (χ1) is 27.2. The number of aromatic amines is 1. The molecule has 0 unspecified atom stereocenters. The van der Waals surface area contributed by atoms with Gasteiger partial charge in [-0.05, 0) is 88.1 Å². The predicted octanol–water partition coefficient (Wildman–Crippen LogP) is 7.37. The quantitative estimate of drug-likeness (QED) is 0.106. The van der Waals surface area contributed by atoms with Crippen molar-refractivity contribution in [1.29, 1.82) is 0 Å². The number of phenolic OH excluding ortho intramolecular Hbond substituents is 1. The van der Waals surface area contributed by atoms with Crippen molar-refractivity contribution in [2.75, 3.05) is 38.9 Å². The molecule has 56 heavy (non-hydrogen) atoms. The van der Waals surface area contributed by atoms with Gasteiger partial charge in [0.15, 0.2) is 12.6 Å². The summed E-state index contributed by atoms with van der Waals surface area (Å²) >= 11 is 5.98. The maximum atomic E-state index is 11.6. The van der Waals surface area contributed by atoms with E-state index < -0.39 is 0 Å². The fourth-order valence-corrected chi connectivity index (χ4v) is 7.11. The number of hydrogen-bond donors (Lipinski definition) is 2. The summed E-state index contributed by atoms with van der Waals surface area (Å²) < 4.78 is 22.8. The SMILES string of the molecule is CC(C)n1nccc1C1=C(CCl)CCOC1.CC(C)n1nccc1C1=C(COc2ccc3c[nH]nc3c2C=O)CCOC1.Cn1ncc2ccc(O)c(C=O)c21. The summed E-state index contributed by atoms with van der Waals surface area (Å²) in [5.74, 6) is 1.12. The van der Waals surface area contributed by atoms with Crippen LogP contribution in [-0.4, -0.2) is 96.1 Å². The van der Waals surface area contributed by atoms with Gasteiger partial charge in [0.2, 0.25) is 0 Å². The number of fused-ring (bicyclic) bond motifs is 2. The van der Waals surface area contributed by atoms with Gasteiger partial charge in [0, 0.05) is 65.5 Å². The fourth-order valence-electron chi connectivity index (χ4n) is 6.81. The smallest absolute Gasteiger partial charge is 0.156 e. The molecule has 0 spiro atoms. The molecule has 0 fully saturated rings. The van der Waals surface area contributed by atoms with Crippen LogP contribution in [0.3, 0.4) is 0 Å². The molecule has 6 aromatic rings. The van der Waals surface area contributed by atoms with Gasteiger partial charge in [-0.25, -0.2) is 0 Å². The molecule has 0 saturated heterocycles. The molecule has 0 atom stereocenters. The Morgan fingerprint density at radius 1 is 0.839 bits per heavy atom. The summed E-state index contributed by atoms with van der Waals surface area (Å²) in [6, 6.07) is 11.6. The van der Waals surface area contributed by atoms with E-state index in [1.165, 1.54) is 22.8 Å². The van der Waals surface area contributed by atoms with E-state index >= 15 is 0 Å². The fraction of sp³-hybridized carbons (Fsp3) is 0.366. The molecule has 2 N–H and O–H groups in total. The van der Waals surface area contributed by atoms with Crippen LogP contribution in [-0.2, 0) is 16.5 Å². The summed E-state index contributed by atoms with van der Waals surface area (Å²) in [7, 11) is 1.73. The molecule has 14 nitrogen and oxygen atoms in total. The third-order valence-electron chi connectivity index (χ3n) is 9.70. The lowest BCUT2D eigenvalue weighted by molar-refractivity contribution is 0.111. The first-order valence-electron chi connectivity index (χ1n) is 18.5. The van der Waals surface area contributed by atoms with Crippen LogP contribution in [0.5, 0.6) is 11.5 Å². The molecule has 294 valence electrons. The minimum atomic E-state index is -0.00824. The van der Waals surface area contributed by atoms with Gasteiger partial charge in [0.1, 0.15) is 23.6 Å². The monoisotopic (exact) mass is 782 g/mol. The Kier molecular flexibility index (Phi) is 13.2. The van der Waals surface area contributed by atoms with Crippen molar-refractivity contribution < 1.29 is 28.9 Å². The zero-order valence-electron chi connectivity index (χ0n) is 32.2. The van der Waals surface area contributed by atoms with E-state index in [2.05, 4.69) is 53.2 Å². The number of rotatable bonds is 10. The number of ether oxygens (including phenoxy) is 3. The van der Waals surface area contributed by atoms with Crippen molar-refractivity contribution in [3.8, 4) is 11.5 Å². The molecule has 2 aliphatic heterocycles. The van der Waals surface area contributed by atoms with Crippen molar-refractivity contribution in [2.45, 2.75) is 52.6 Å². The number of alkyl halides is 1. The first-order valence-corrected chi connectivity index (χ1v) is 19.0. The van der Waals surface area contributed by atoms with Crippen LogP contribution in [0.4, 0.5) is 0 Å². The number of carbonyl (C=O) groups is 2. The number of halogens is 1. The zero-order valence-corrected chi connectivity index (χ0v) is 33.0. The number of phenols is 1. The number of benzene rings is 2. The summed E-state index contributed by atoms with van der Waals surface area (Å²) in [4.78, 5) is 22.3. The van der Waals surface area contributed by atoms with Crippen molar-refractivity contribution in [3.63, 3.8) is 0 Å². The molecule has 0 saturated carbocycles. The largest absolute Gasteiger partial charge is 0.507 e. The van der Waals surface area contributed by atoms with E-state index in [-0.39, 0.29) is 17.4 Å². The Balaban J connectivity index is 0.000000156. The summed E-state index contributed by atoms with van der Waals surface area (Å²) in [6.45, 7) is 11.5. The van der Waals surface area contributed by atoms with E-state index in [9.17, 15) is 14.7 Å². The molecule has 2 aromatic carbocycles. The third-order valence-corrected chi connectivity index (χ3v) is 10.0. The second-order valence-electron chi connectivity index (χ2n) is 13.9. The van der Waals surface area contributed by atoms with Crippen LogP contribution < -0.4 is 4.74 Å². The van der Waals surface area contributed by atoms with Crippen LogP contribution in [0, 0.1) is 0 Å². The van der Waals surface area contributed by atoms with Gasteiger partial charge < -0.3 is 19.3 Å². The Hall–Kier alpha value is -5.57. The highest BCUT2D eigenvalue weighted by atomic mass is 35.5. The normalized spacial score (nSPS) is 14.6. The van der Waals surface area contributed by atoms with Crippen molar-refractivity contribution in [3.05, 3.63) is 94.8 Å². The molecule has 0 bridgehead atoms. The van der Waals surface area contributed by atoms with E-state index in [1.54, 1.807) is 30.2 Å². The number of carbonyl (C=O) groups excluding carboxylic acids is 2. The summed E-state index contributed by atoms with van der Waals surface area (Å²) in [6.07, 6.45) is 10.2. The van der Waals surface area contributed by atoms with Gasteiger partial charge in [0.25, 0.3) is 0 Å². The Morgan fingerprint density at radius 3 is 2.05 bits per heavy atom. The molecule has 0 amide bonds. The van der Waals surface area contributed by atoms with Crippen molar-refractivity contribution >= 4 is 57.1 Å². The van der Waals surface area contributed by atoms with E-state index in [0.29, 0.717) is 67.0 Å². The number of aromatic nitrogens is 8. The lowest BCUT2D eigenvalue weighted by Crippen LogP contribution is -2.18. The van der Waals surface area contributed by atoms with Crippen LogP contribution in [0.2, 0.25) is 0 Å². The van der Waals surface area contributed by atoms with Crippen LogP contribution in [0.1, 0.15) is 84.7 Å². The number of nitrogens with one attached hydrogen (secondary N) is 1. The minimum absolute atomic E-state index is 0.00824. The molecule has 2 aliphatic rings. The number of aldehydes is 2. The third kappa shape index (κ3) is 8.62. The maximum absolute atomic E-state index is 11.6. The number of nitrogens with zero attached hydrogens (tertiary/aromatic N) is 7. The van der Waals surface area contributed by atoms with Gasteiger partial charge in [-0.1, -0.05) is 0 Å². The molecule has 8 rings (SSSR count). The molecule has 15 heteroatoms. The van der Waals surface area contributed by atoms with Gasteiger partial charge in [0.05, 0.1) is 60.7 Å². The number of aryl methyl sites for hydroxylation is 1. The minimum Gasteiger partial charge on any atom is -0.507 e. The standard InChI is InChI=1S/C20H22N4O3.C12H17ClN2O.C9H8N2O2/c1-13(2)24-18(5-7-22-24)17-12-26-8-6-15(17)11-27-19-4-3-14-9-21-23-20(14)16(19)10-25;1-9(2)15-12(3-5-14-15)11-8-16-6-4-10(11)7-13;1-11-9-6(4-10-11)2-3-8(13)7(9)5-12/h3-5,7,9-10,13H,6,8,11-12H2,1-2H3,(H,21,23);3,5,9H,4,6-8H2,1-2H3;2-5,13H,1H3. The Morgan fingerprint density at radius 2 is 1.45 bits per heavy atom. The average Bonchev–Trinajstić information content (AvgIpc) is 4.05. The predicted molar refractivity (Wildman–Crippen MR) is 215 cm³/mol. The second-order valence-corrected chi connectivity index (χ2v) is 14.2. The number of hydrogen-bond acceptors (Lipinski definition) is 10. The highest BCUT2D eigenvalue weighted by Gasteiger charge is 2.21. The maximum Gasteiger partial charge on any atom is 0.156 e. The summed E-state index contributed by atoms with van der Waals surface area (Å²) in [5.41, 5.74) is 9.03. The van der Waals surface area contributed by atoms with Crippen LogP contribution in [0.15, 0.2) is 72.3 Å². The van der Waals surface area contributed by atoms with E-state index in [4.69, 9.17) is 25.8 Å². The Bertz CT molecular complexity index is 2370. The van der Waals surface area contributed by atoms with Crippen LogP contribution >= 0.6 is 11.6 Å². The first kappa shape index (κ1) is 40.1. The van der Waals surface area contributed by atoms with Gasteiger partial charge in [-0.2, -0.15) is 20.4 Å². The highest BCUT2D eigenvalue weighted by Crippen LogP contribution is 2.31. The topological polar surface area (TPSA) is 164 Å². The highest BCUT2D eigenvalue weighted by molar-refractivity contribution is 6.20. The lowest BCUT2D eigenvalue weighted by atomic mass is 10.0. The van der Waals surface area contributed by atoms with Gasteiger partial charge >= 0.3 is 0 Å². The lowest BCUT2D eigenvalue weighted by Gasteiger charge is -2.23. The molecular formula is C41H47ClN8O6.